The number of hydrogen-bond acceptors (Lipinski definition) is 12. The standard InChI is InChI=1S/C10H16N2O8.C9H17NO5.Ca/c13-7(14)3-11(4-8(15)16)1-2-12(5-9(17)18)6-10(19)20;1-9(2,5-11)7(14)8(15)10-4-3-6(12)13;/h1-6H2,(H,13,14)(H,15,16)(H,17,18)(H,19,20);7,11,14H,3-5H2,1-2H3,(H,10,15)(H,12,13);/q;;+2/p-2/t;7-;/m.0./s1. The van der Waals surface area contributed by atoms with Gasteiger partial charge in [0.1, 0.15) is 6.10 Å². The molecule has 0 saturated heterocycles. The molecule has 16 nitrogen and oxygen atoms in total. The fourth-order valence-electron chi connectivity index (χ4n) is 2.29. The Morgan fingerprint density at radius 1 is 0.806 bits per heavy atom. The van der Waals surface area contributed by atoms with E-state index in [0.717, 1.165) is 9.80 Å². The average molecular weight is 550 g/mol. The third-order valence-corrected chi connectivity index (χ3v) is 4.19. The maximum atomic E-state index is 11.2. The van der Waals surface area contributed by atoms with E-state index >= 15 is 0 Å². The van der Waals surface area contributed by atoms with Gasteiger partial charge < -0.3 is 50.7 Å². The number of nitrogens with zero attached hydrogens (tertiary/aromatic N) is 2. The second-order valence-corrected chi connectivity index (χ2v) is 7.94. The Morgan fingerprint density at radius 3 is 1.50 bits per heavy atom. The molecule has 17 heteroatoms. The van der Waals surface area contributed by atoms with Crippen LogP contribution in [0.15, 0.2) is 0 Å². The normalized spacial score (nSPS) is 11.5. The molecule has 0 radical (unpaired) electrons. The first-order valence-electron chi connectivity index (χ1n) is 10.1. The van der Waals surface area contributed by atoms with Crippen LogP contribution in [-0.4, -0.2) is 167 Å². The molecule has 0 fully saturated rings. The molecule has 0 rings (SSSR count). The van der Waals surface area contributed by atoms with Gasteiger partial charge in [-0.15, -0.1) is 0 Å². The second-order valence-electron chi connectivity index (χ2n) is 7.94. The summed E-state index contributed by atoms with van der Waals surface area (Å²) in [5.74, 6) is -7.18. The maximum Gasteiger partial charge on any atom is 2.00 e. The summed E-state index contributed by atoms with van der Waals surface area (Å²) in [4.78, 5) is 65.4. The molecule has 0 heterocycles. The van der Waals surface area contributed by atoms with Crippen molar-refractivity contribution >= 4 is 73.5 Å². The topological polar surface area (TPSA) is 268 Å². The van der Waals surface area contributed by atoms with Crippen LogP contribution < -0.4 is 15.5 Å². The minimum absolute atomic E-state index is 0. The first-order valence-corrected chi connectivity index (χ1v) is 10.1. The van der Waals surface area contributed by atoms with Crippen molar-refractivity contribution in [2.45, 2.75) is 26.4 Å². The Morgan fingerprint density at radius 2 is 1.19 bits per heavy atom. The quantitative estimate of drug-likeness (QED) is 0.0921. The number of carboxylic acid groups (broad SMARTS) is 5. The number of carboxylic acids is 5. The van der Waals surface area contributed by atoms with Crippen LogP contribution in [-0.2, 0) is 28.8 Å². The molecule has 0 aliphatic carbocycles. The molecule has 36 heavy (non-hydrogen) atoms. The number of carbonyl (C=O) groups excluding carboxylic acids is 3. The predicted molar refractivity (Wildman–Crippen MR) is 116 cm³/mol. The molecule has 6 N–H and O–H groups in total. The molecule has 0 aromatic rings. The van der Waals surface area contributed by atoms with E-state index in [1.807, 2.05) is 0 Å². The summed E-state index contributed by atoms with van der Waals surface area (Å²) in [5, 5.41) is 66.9. The Labute approximate surface area is 236 Å². The van der Waals surface area contributed by atoms with E-state index in [9.17, 15) is 44.1 Å². The molecule has 0 aromatic carbocycles. The van der Waals surface area contributed by atoms with Crippen molar-refractivity contribution < 1.29 is 64.5 Å². The van der Waals surface area contributed by atoms with Gasteiger partial charge in [0.15, 0.2) is 0 Å². The van der Waals surface area contributed by atoms with Gasteiger partial charge in [0.05, 0.1) is 32.2 Å². The van der Waals surface area contributed by atoms with E-state index in [1.165, 1.54) is 13.8 Å². The molecule has 202 valence electrons. The largest absolute Gasteiger partial charge is 2.00 e. The number of nitrogens with one attached hydrogen (secondary N) is 1. The monoisotopic (exact) mass is 549 g/mol. The number of aliphatic carboxylic acids is 5. The predicted octanol–water partition coefficient (Wildman–Crippen LogP) is -6.16. The van der Waals surface area contributed by atoms with E-state index in [4.69, 9.17) is 20.4 Å². The van der Waals surface area contributed by atoms with Crippen LogP contribution in [0.5, 0.6) is 0 Å². The number of rotatable bonds is 17. The van der Waals surface area contributed by atoms with Gasteiger partial charge in [-0.25, -0.2) is 0 Å². The summed E-state index contributed by atoms with van der Waals surface area (Å²) < 4.78 is 0. The minimum Gasteiger partial charge on any atom is -0.550 e. The number of aliphatic hydroxyl groups excluding tert-OH is 2. The van der Waals surface area contributed by atoms with Crippen molar-refractivity contribution in [1.82, 2.24) is 15.1 Å². The molecule has 0 spiro atoms. The van der Waals surface area contributed by atoms with Crippen LogP contribution in [0.3, 0.4) is 0 Å². The molecular formula is C19H31CaN3O13. The van der Waals surface area contributed by atoms with Crippen molar-refractivity contribution in [1.29, 1.82) is 0 Å². The zero-order chi connectivity index (χ0) is 27.8. The molecule has 1 amide bonds. The van der Waals surface area contributed by atoms with E-state index in [1.54, 1.807) is 0 Å². The number of hydrogen-bond donors (Lipinski definition) is 6. The average Bonchev–Trinajstić information content (AvgIpc) is 2.69. The minimum atomic E-state index is -1.48. The van der Waals surface area contributed by atoms with Crippen LogP contribution >= 0.6 is 0 Å². The third-order valence-electron chi connectivity index (χ3n) is 4.19. The van der Waals surface area contributed by atoms with Crippen molar-refractivity contribution in [3.05, 3.63) is 0 Å². The van der Waals surface area contributed by atoms with Crippen molar-refractivity contribution in [2.24, 2.45) is 5.41 Å². The number of amides is 1. The second kappa shape index (κ2) is 20.0. The first kappa shape index (κ1) is 38.4. The number of aliphatic hydroxyl groups is 2. The smallest absolute Gasteiger partial charge is 0.550 e. The third kappa shape index (κ3) is 21.2. The summed E-state index contributed by atoms with van der Waals surface area (Å²) in [6.45, 7) is 0.104. The fourth-order valence-corrected chi connectivity index (χ4v) is 2.29. The van der Waals surface area contributed by atoms with Crippen LogP contribution in [0.2, 0.25) is 0 Å². The van der Waals surface area contributed by atoms with Crippen molar-refractivity contribution in [2.75, 3.05) is 52.4 Å². The van der Waals surface area contributed by atoms with Crippen LogP contribution in [0.4, 0.5) is 0 Å². The van der Waals surface area contributed by atoms with Gasteiger partial charge in [0.2, 0.25) is 5.91 Å². The van der Waals surface area contributed by atoms with Gasteiger partial charge in [-0.3, -0.25) is 29.0 Å². The summed E-state index contributed by atoms with van der Waals surface area (Å²) in [6, 6.07) is 0. The Kier molecular flexibility index (Phi) is 21.4. The summed E-state index contributed by atoms with van der Waals surface area (Å²) in [6.07, 6.45) is -1.68. The van der Waals surface area contributed by atoms with Crippen molar-refractivity contribution in [3.8, 4) is 0 Å². The summed E-state index contributed by atoms with van der Waals surface area (Å²) in [5.41, 5.74) is -0.953. The summed E-state index contributed by atoms with van der Waals surface area (Å²) in [7, 11) is 0. The molecule has 1 atom stereocenters. The SMILES string of the molecule is CC(C)(CO)[C@@H](O)C(=O)NCCC(=O)[O-].O=C([O-])CN(CCN(CC(=O)O)CC(=O)O)CC(=O)O.[Ca+2]. The molecule has 0 bridgehead atoms. The fraction of sp³-hybridized carbons (Fsp3) is 0.684. The Bertz CT molecular complexity index is 680. The molecule has 0 aliphatic heterocycles. The molecular weight excluding hydrogens is 518 g/mol. The molecule has 0 saturated carbocycles. The van der Waals surface area contributed by atoms with Gasteiger partial charge in [0, 0.05) is 44.0 Å². The van der Waals surface area contributed by atoms with Gasteiger partial charge in [-0.1, -0.05) is 13.8 Å². The van der Waals surface area contributed by atoms with Crippen molar-refractivity contribution in [3.63, 3.8) is 0 Å². The van der Waals surface area contributed by atoms with Gasteiger partial charge in [0.25, 0.3) is 0 Å². The van der Waals surface area contributed by atoms with Crippen LogP contribution in [0.1, 0.15) is 20.3 Å². The zero-order valence-corrected chi connectivity index (χ0v) is 22.3. The zero-order valence-electron chi connectivity index (χ0n) is 20.0. The Balaban J connectivity index is -0.000000612. The molecule has 0 aromatic heterocycles. The summed E-state index contributed by atoms with van der Waals surface area (Å²) >= 11 is 0. The van der Waals surface area contributed by atoms with Crippen LogP contribution in [0.25, 0.3) is 0 Å². The van der Waals surface area contributed by atoms with E-state index in [-0.39, 0.29) is 70.4 Å². The van der Waals surface area contributed by atoms with E-state index < -0.39 is 73.5 Å². The van der Waals surface area contributed by atoms with Gasteiger partial charge in [-0.05, 0) is 0 Å². The van der Waals surface area contributed by atoms with Gasteiger partial charge >= 0.3 is 55.6 Å². The van der Waals surface area contributed by atoms with Crippen LogP contribution in [0, 0.1) is 5.41 Å². The molecule has 0 aliphatic rings. The van der Waals surface area contributed by atoms with E-state index in [0.29, 0.717) is 0 Å². The van der Waals surface area contributed by atoms with Gasteiger partial charge in [-0.2, -0.15) is 0 Å². The first-order chi connectivity index (χ1) is 16.0. The van der Waals surface area contributed by atoms with E-state index in [2.05, 4.69) is 5.32 Å². The Hall–Kier alpha value is -2.08. The number of carbonyl (C=O) groups is 6. The molecule has 0 unspecified atom stereocenters. The maximum absolute atomic E-state index is 11.2.